The number of nitrogens with zero attached hydrogens (tertiary/aromatic N) is 1. The molecule has 1 N–H and O–H groups in total. The van der Waals surface area contributed by atoms with Gasteiger partial charge in [0.15, 0.2) is 0 Å². The Kier molecular flexibility index (Phi) is 6.01. The molecule has 144 valence electrons. The van der Waals surface area contributed by atoms with E-state index in [2.05, 4.69) is 10.1 Å². The van der Waals surface area contributed by atoms with Crippen LogP contribution in [0.15, 0.2) is 42.5 Å². The minimum absolute atomic E-state index is 0.0655. The number of alkyl halides is 2. The second-order valence-electron chi connectivity index (χ2n) is 6.19. The van der Waals surface area contributed by atoms with Crippen LogP contribution in [0.4, 0.5) is 19.3 Å². The van der Waals surface area contributed by atoms with Gasteiger partial charge in [-0.1, -0.05) is 29.8 Å². The van der Waals surface area contributed by atoms with Gasteiger partial charge in [0.05, 0.1) is 12.2 Å². The fraction of sp³-hybridized carbons (Fsp3) is 0.316. The second kappa shape index (κ2) is 8.43. The average Bonchev–Trinajstić information content (AvgIpc) is 3.06. The Labute approximate surface area is 160 Å². The Bertz CT molecular complexity index is 819. The van der Waals surface area contributed by atoms with E-state index in [9.17, 15) is 13.6 Å². The molecule has 0 saturated carbocycles. The van der Waals surface area contributed by atoms with Gasteiger partial charge >= 0.3 is 12.6 Å². The van der Waals surface area contributed by atoms with Crippen LogP contribution in [0.5, 0.6) is 11.5 Å². The maximum absolute atomic E-state index is 12.6. The average molecular weight is 397 g/mol. The van der Waals surface area contributed by atoms with Crippen LogP contribution >= 0.6 is 11.6 Å². The lowest BCUT2D eigenvalue weighted by Crippen LogP contribution is -2.34. The van der Waals surface area contributed by atoms with Crippen molar-refractivity contribution in [2.45, 2.75) is 26.1 Å². The van der Waals surface area contributed by atoms with Crippen LogP contribution in [0.2, 0.25) is 5.02 Å². The highest BCUT2D eigenvalue weighted by Crippen LogP contribution is 2.30. The molecule has 1 aliphatic heterocycles. The van der Waals surface area contributed by atoms with Gasteiger partial charge in [0, 0.05) is 18.0 Å². The van der Waals surface area contributed by atoms with E-state index in [1.165, 1.54) is 6.07 Å². The number of urea groups is 1. The van der Waals surface area contributed by atoms with Gasteiger partial charge in [-0.15, -0.1) is 0 Å². The smallest absolute Gasteiger partial charge is 0.387 e. The lowest BCUT2D eigenvalue weighted by molar-refractivity contribution is -0.0493. The maximum Gasteiger partial charge on any atom is 0.387 e. The fourth-order valence-electron chi connectivity index (χ4n) is 2.92. The van der Waals surface area contributed by atoms with Crippen molar-refractivity contribution >= 4 is 23.3 Å². The van der Waals surface area contributed by atoms with Crippen LogP contribution in [0.25, 0.3) is 0 Å². The van der Waals surface area contributed by atoms with Gasteiger partial charge in [0.25, 0.3) is 0 Å². The van der Waals surface area contributed by atoms with E-state index in [-0.39, 0.29) is 23.6 Å². The SMILES string of the molecule is Cc1cccc(OC(F)F)c1NC(=O)N1CC[C@H](Oc2cccc(Cl)c2)C1. The molecule has 2 amide bonds. The topological polar surface area (TPSA) is 50.8 Å². The summed E-state index contributed by atoms with van der Waals surface area (Å²) in [5.41, 5.74) is 0.870. The van der Waals surface area contributed by atoms with Crippen molar-refractivity contribution < 1.29 is 23.0 Å². The van der Waals surface area contributed by atoms with Crippen molar-refractivity contribution in [3.05, 3.63) is 53.1 Å². The third-order valence-electron chi connectivity index (χ3n) is 4.21. The molecular formula is C19H19ClF2N2O3. The quantitative estimate of drug-likeness (QED) is 0.779. The van der Waals surface area contributed by atoms with Crippen LogP contribution in [0.1, 0.15) is 12.0 Å². The zero-order valence-corrected chi connectivity index (χ0v) is 15.4. The number of halogens is 3. The number of aryl methyl sites for hydroxylation is 1. The van der Waals surface area contributed by atoms with Crippen molar-refractivity contribution in [2.75, 3.05) is 18.4 Å². The van der Waals surface area contributed by atoms with Crippen molar-refractivity contribution in [1.29, 1.82) is 0 Å². The van der Waals surface area contributed by atoms with Crippen molar-refractivity contribution in [1.82, 2.24) is 4.90 Å². The summed E-state index contributed by atoms with van der Waals surface area (Å²) in [6, 6.07) is 11.4. The number of rotatable bonds is 5. The molecule has 1 saturated heterocycles. The Morgan fingerprint density at radius 1 is 1.30 bits per heavy atom. The number of amides is 2. The van der Waals surface area contributed by atoms with Gasteiger partial charge in [-0.3, -0.25) is 0 Å². The molecule has 8 heteroatoms. The summed E-state index contributed by atoms with van der Waals surface area (Å²) >= 11 is 5.95. The molecule has 1 aliphatic rings. The highest BCUT2D eigenvalue weighted by Gasteiger charge is 2.28. The molecular weight excluding hydrogens is 378 g/mol. The minimum atomic E-state index is -2.97. The van der Waals surface area contributed by atoms with Crippen LogP contribution in [0.3, 0.4) is 0 Å². The Balaban J connectivity index is 1.63. The van der Waals surface area contributed by atoms with Crippen LogP contribution in [-0.4, -0.2) is 36.7 Å². The molecule has 2 aromatic rings. The third-order valence-corrected chi connectivity index (χ3v) is 4.45. The number of benzene rings is 2. The number of likely N-dealkylation sites (tertiary alicyclic amines) is 1. The van der Waals surface area contributed by atoms with Crippen molar-refractivity contribution in [3.63, 3.8) is 0 Å². The molecule has 2 aromatic carbocycles. The number of para-hydroxylation sites is 1. The van der Waals surface area contributed by atoms with Gasteiger partial charge in [0.1, 0.15) is 17.6 Å². The van der Waals surface area contributed by atoms with Gasteiger partial charge < -0.3 is 19.7 Å². The summed E-state index contributed by atoms with van der Waals surface area (Å²) in [5.74, 6) is 0.575. The zero-order valence-electron chi connectivity index (χ0n) is 14.6. The number of anilines is 1. The molecule has 0 radical (unpaired) electrons. The lowest BCUT2D eigenvalue weighted by atomic mass is 10.2. The van der Waals surface area contributed by atoms with Gasteiger partial charge in [0.2, 0.25) is 0 Å². The first-order valence-corrected chi connectivity index (χ1v) is 8.83. The van der Waals surface area contributed by atoms with Gasteiger partial charge in [-0.2, -0.15) is 8.78 Å². The highest BCUT2D eigenvalue weighted by molar-refractivity contribution is 6.30. The summed E-state index contributed by atoms with van der Waals surface area (Å²) in [6.07, 6.45) is 0.497. The molecule has 1 fully saturated rings. The van der Waals surface area contributed by atoms with Gasteiger partial charge in [-0.25, -0.2) is 4.79 Å². The number of hydrogen-bond acceptors (Lipinski definition) is 3. The molecule has 27 heavy (non-hydrogen) atoms. The molecule has 0 spiro atoms. The number of carbonyl (C=O) groups excluding carboxylic acids is 1. The van der Waals surface area contributed by atoms with Crippen LogP contribution in [-0.2, 0) is 0 Å². The van der Waals surface area contributed by atoms with E-state index in [1.54, 1.807) is 48.2 Å². The van der Waals surface area contributed by atoms with E-state index in [1.807, 2.05) is 0 Å². The number of ether oxygens (including phenoxy) is 2. The number of carbonyl (C=O) groups is 1. The van der Waals surface area contributed by atoms with E-state index >= 15 is 0 Å². The first-order valence-electron chi connectivity index (χ1n) is 8.45. The van der Waals surface area contributed by atoms with Crippen molar-refractivity contribution in [2.24, 2.45) is 0 Å². The Morgan fingerprint density at radius 3 is 2.81 bits per heavy atom. The summed E-state index contributed by atoms with van der Waals surface area (Å²) < 4.78 is 35.5. The van der Waals surface area contributed by atoms with Crippen LogP contribution in [0, 0.1) is 6.92 Å². The first kappa shape index (κ1) is 19.2. The Hall–Kier alpha value is -2.54. The standard InChI is InChI=1S/C19H19ClF2N2O3/c1-12-4-2-7-16(27-18(21)22)17(12)23-19(25)24-9-8-15(11-24)26-14-6-3-5-13(20)10-14/h2-7,10,15,18H,8-9,11H2,1H3,(H,23,25)/t15-/m0/s1. The molecule has 0 aliphatic carbocycles. The Morgan fingerprint density at radius 2 is 2.07 bits per heavy atom. The van der Waals surface area contributed by atoms with E-state index in [0.29, 0.717) is 35.8 Å². The monoisotopic (exact) mass is 396 g/mol. The van der Waals surface area contributed by atoms with Crippen LogP contribution < -0.4 is 14.8 Å². The maximum atomic E-state index is 12.6. The molecule has 5 nitrogen and oxygen atoms in total. The third kappa shape index (κ3) is 5.01. The minimum Gasteiger partial charge on any atom is -0.488 e. The van der Waals surface area contributed by atoms with Crippen molar-refractivity contribution in [3.8, 4) is 11.5 Å². The molecule has 0 bridgehead atoms. The summed E-state index contributed by atoms with van der Waals surface area (Å²) in [5, 5.41) is 3.25. The fourth-order valence-corrected chi connectivity index (χ4v) is 3.10. The lowest BCUT2D eigenvalue weighted by Gasteiger charge is -2.20. The number of hydrogen-bond donors (Lipinski definition) is 1. The summed E-state index contributed by atoms with van der Waals surface area (Å²) in [6.45, 7) is -0.378. The molecule has 3 rings (SSSR count). The summed E-state index contributed by atoms with van der Waals surface area (Å²) in [4.78, 5) is 14.1. The molecule has 1 atom stereocenters. The van der Waals surface area contributed by atoms with E-state index in [4.69, 9.17) is 16.3 Å². The zero-order chi connectivity index (χ0) is 19.4. The number of nitrogens with one attached hydrogen (secondary N) is 1. The molecule has 0 unspecified atom stereocenters. The highest BCUT2D eigenvalue weighted by atomic mass is 35.5. The molecule has 0 aromatic heterocycles. The second-order valence-corrected chi connectivity index (χ2v) is 6.63. The molecule has 1 heterocycles. The predicted octanol–water partition coefficient (Wildman–Crippen LogP) is 4.94. The first-order chi connectivity index (χ1) is 12.9. The summed E-state index contributed by atoms with van der Waals surface area (Å²) in [7, 11) is 0. The van der Waals surface area contributed by atoms with E-state index < -0.39 is 6.61 Å². The van der Waals surface area contributed by atoms with E-state index in [0.717, 1.165) is 0 Å². The van der Waals surface area contributed by atoms with Gasteiger partial charge in [-0.05, 0) is 36.8 Å². The predicted molar refractivity (Wildman–Crippen MR) is 98.9 cm³/mol. The normalized spacial score (nSPS) is 16.5. The largest absolute Gasteiger partial charge is 0.488 e.